The third-order valence-electron chi connectivity index (χ3n) is 2.53. The Morgan fingerprint density at radius 3 is 2.60 bits per heavy atom. The first-order valence-electron chi connectivity index (χ1n) is 5.43. The molecule has 0 aliphatic carbocycles. The Morgan fingerprint density at radius 1 is 1.25 bits per heavy atom. The van der Waals surface area contributed by atoms with E-state index in [9.17, 15) is 9.90 Å². The van der Waals surface area contributed by atoms with Crippen molar-refractivity contribution in [3.05, 3.63) is 49.9 Å². The minimum atomic E-state index is -0.500. The van der Waals surface area contributed by atoms with E-state index in [1.54, 1.807) is 12.1 Å². The van der Waals surface area contributed by atoms with Crippen molar-refractivity contribution in [2.45, 2.75) is 0 Å². The minimum Gasteiger partial charge on any atom is -0.507 e. The number of phenols is 1. The number of halogens is 3. The Hall–Kier alpha value is -1.24. The molecule has 4 N–H and O–H groups in total. The van der Waals surface area contributed by atoms with Gasteiger partial charge in [-0.2, -0.15) is 0 Å². The molecule has 0 bridgehead atoms. The fraction of sp³-hybridized carbons (Fsp3) is 0. The van der Waals surface area contributed by atoms with Gasteiger partial charge < -0.3 is 16.2 Å². The normalized spacial score (nSPS) is 10.3. The van der Waals surface area contributed by atoms with Crippen LogP contribution in [-0.4, -0.2) is 11.0 Å². The van der Waals surface area contributed by atoms with E-state index in [4.69, 9.17) is 17.3 Å². The lowest BCUT2D eigenvalue weighted by atomic mass is 10.1. The van der Waals surface area contributed by atoms with Crippen molar-refractivity contribution in [1.29, 1.82) is 0 Å². The van der Waals surface area contributed by atoms with Crippen LogP contribution in [0.3, 0.4) is 0 Å². The van der Waals surface area contributed by atoms with Gasteiger partial charge in [0.05, 0.1) is 16.9 Å². The molecule has 0 aliphatic heterocycles. The molecule has 2 rings (SSSR count). The second kappa shape index (κ2) is 6.03. The fourth-order valence-corrected chi connectivity index (χ4v) is 3.13. The highest BCUT2D eigenvalue weighted by Crippen LogP contribution is 2.33. The van der Waals surface area contributed by atoms with Crippen LogP contribution in [0.1, 0.15) is 10.4 Å². The number of benzene rings is 2. The van der Waals surface area contributed by atoms with Crippen LogP contribution in [0.25, 0.3) is 0 Å². The lowest BCUT2D eigenvalue weighted by molar-refractivity contribution is 0.102. The molecule has 20 heavy (non-hydrogen) atoms. The Balaban J connectivity index is 2.35. The summed E-state index contributed by atoms with van der Waals surface area (Å²) in [5, 5.41) is 12.7. The third kappa shape index (κ3) is 3.26. The molecule has 0 radical (unpaired) electrons. The van der Waals surface area contributed by atoms with Gasteiger partial charge in [0.15, 0.2) is 0 Å². The number of carbonyl (C=O) groups excluding carboxylic acids is 1. The SMILES string of the molecule is Nc1cc(Br)cc(Br)c1NC(=O)c1cc(Cl)ccc1O. The number of rotatable bonds is 2. The zero-order valence-corrected chi connectivity index (χ0v) is 13.9. The van der Waals surface area contributed by atoms with Crippen LogP contribution in [0.5, 0.6) is 5.75 Å². The van der Waals surface area contributed by atoms with Crippen LogP contribution in [0, 0.1) is 0 Å². The average Bonchev–Trinajstić information content (AvgIpc) is 2.36. The summed E-state index contributed by atoms with van der Waals surface area (Å²) in [6.45, 7) is 0. The maximum Gasteiger partial charge on any atom is 0.259 e. The zero-order valence-electron chi connectivity index (χ0n) is 9.95. The highest BCUT2D eigenvalue weighted by Gasteiger charge is 2.15. The van der Waals surface area contributed by atoms with Gasteiger partial charge in [0.25, 0.3) is 5.91 Å². The number of anilines is 2. The second-order valence-corrected chi connectivity index (χ2v) is 6.17. The van der Waals surface area contributed by atoms with Crippen LogP contribution in [0.4, 0.5) is 11.4 Å². The van der Waals surface area contributed by atoms with Gasteiger partial charge in [-0.05, 0) is 46.3 Å². The number of nitrogens with two attached hydrogens (primary N) is 1. The lowest BCUT2D eigenvalue weighted by Crippen LogP contribution is -2.14. The predicted molar refractivity (Wildman–Crippen MR) is 87.3 cm³/mol. The number of hydrogen-bond acceptors (Lipinski definition) is 3. The average molecular weight is 420 g/mol. The van der Waals surface area contributed by atoms with Crippen molar-refractivity contribution in [1.82, 2.24) is 0 Å². The van der Waals surface area contributed by atoms with E-state index in [2.05, 4.69) is 37.2 Å². The molecule has 1 amide bonds. The van der Waals surface area contributed by atoms with Crippen LogP contribution in [0.2, 0.25) is 5.02 Å². The van der Waals surface area contributed by atoms with Crippen LogP contribution in [-0.2, 0) is 0 Å². The number of nitrogens with one attached hydrogen (secondary N) is 1. The van der Waals surface area contributed by atoms with Gasteiger partial charge in [0, 0.05) is 14.0 Å². The van der Waals surface area contributed by atoms with Crippen molar-refractivity contribution in [2.75, 3.05) is 11.1 Å². The summed E-state index contributed by atoms with van der Waals surface area (Å²) in [5.41, 5.74) is 6.75. The highest BCUT2D eigenvalue weighted by atomic mass is 79.9. The molecule has 0 spiro atoms. The first-order valence-corrected chi connectivity index (χ1v) is 7.39. The molecule has 0 saturated heterocycles. The number of hydrogen-bond donors (Lipinski definition) is 3. The predicted octanol–water partition coefficient (Wildman–Crippen LogP) is 4.41. The van der Waals surface area contributed by atoms with Crippen LogP contribution < -0.4 is 11.1 Å². The summed E-state index contributed by atoms with van der Waals surface area (Å²) < 4.78 is 1.41. The van der Waals surface area contributed by atoms with E-state index in [-0.39, 0.29) is 11.3 Å². The summed E-state index contributed by atoms with van der Waals surface area (Å²) in [7, 11) is 0. The number of amides is 1. The molecule has 0 saturated carbocycles. The molecule has 0 atom stereocenters. The quantitative estimate of drug-likeness (QED) is 0.630. The monoisotopic (exact) mass is 418 g/mol. The molecule has 104 valence electrons. The van der Waals surface area contributed by atoms with E-state index >= 15 is 0 Å². The molecule has 0 unspecified atom stereocenters. The van der Waals surface area contributed by atoms with Gasteiger partial charge >= 0.3 is 0 Å². The standard InChI is InChI=1S/C13H9Br2ClN2O2/c14-6-3-9(15)12(10(17)4-6)18-13(20)8-5-7(16)1-2-11(8)19/h1-5,19H,17H2,(H,18,20). The molecule has 0 fully saturated rings. The van der Waals surface area contributed by atoms with Crippen LogP contribution >= 0.6 is 43.5 Å². The number of phenolic OH excluding ortho intramolecular Hbond substituents is 1. The Bertz CT molecular complexity index is 669. The molecular formula is C13H9Br2ClN2O2. The van der Waals surface area contributed by atoms with E-state index in [0.29, 0.717) is 20.9 Å². The van der Waals surface area contributed by atoms with Gasteiger partial charge in [-0.25, -0.2) is 0 Å². The van der Waals surface area contributed by atoms with Gasteiger partial charge in [-0.1, -0.05) is 27.5 Å². The van der Waals surface area contributed by atoms with E-state index < -0.39 is 5.91 Å². The van der Waals surface area contributed by atoms with Crippen molar-refractivity contribution < 1.29 is 9.90 Å². The molecular weight excluding hydrogens is 411 g/mol. The second-order valence-electron chi connectivity index (χ2n) is 3.97. The summed E-state index contributed by atoms with van der Waals surface area (Å²) in [6.07, 6.45) is 0. The topological polar surface area (TPSA) is 75.3 Å². The van der Waals surface area contributed by atoms with Crippen LogP contribution in [0.15, 0.2) is 39.3 Å². The molecule has 2 aromatic carbocycles. The fourth-order valence-electron chi connectivity index (χ4n) is 1.60. The van der Waals surface area contributed by atoms with Gasteiger partial charge in [-0.15, -0.1) is 0 Å². The molecule has 4 nitrogen and oxygen atoms in total. The van der Waals surface area contributed by atoms with E-state index in [1.165, 1.54) is 18.2 Å². The molecule has 0 heterocycles. The van der Waals surface area contributed by atoms with Gasteiger partial charge in [0.1, 0.15) is 5.75 Å². The molecule has 0 aliphatic rings. The van der Waals surface area contributed by atoms with Crippen molar-refractivity contribution >= 4 is 60.7 Å². The maximum absolute atomic E-state index is 12.2. The summed E-state index contributed by atoms with van der Waals surface area (Å²) >= 11 is 12.4. The zero-order chi connectivity index (χ0) is 14.9. The van der Waals surface area contributed by atoms with Crippen molar-refractivity contribution in [2.24, 2.45) is 0 Å². The summed E-state index contributed by atoms with van der Waals surface area (Å²) in [6, 6.07) is 7.66. The molecule has 2 aromatic rings. The van der Waals surface area contributed by atoms with E-state index in [1.807, 2.05) is 0 Å². The molecule has 7 heteroatoms. The van der Waals surface area contributed by atoms with Gasteiger partial charge in [-0.3, -0.25) is 4.79 Å². The first kappa shape index (κ1) is 15.2. The van der Waals surface area contributed by atoms with E-state index in [0.717, 1.165) is 4.47 Å². The smallest absolute Gasteiger partial charge is 0.259 e. The number of nitrogen functional groups attached to an aromatic ring is 1. The lowest BCUT2D eigenvalue weighted by Gasteiger charge is -2.12. The summed E-state index contributed by atoms with van der Waals surface area (Å²) in [5.74, 6) is -0.654. The Labute approximate surface area is 137 Å². The maximum atomic E-state index is 12.2. The Kier molecular flexibility index (Phi) is 4.57. The highest BCUT2D eigenvalue weighted by molar-refractivity contribution is 9.11. The number of carbonyl (C=O) groups is 1. The Morgan fingerprint density at radius 2 is 1.95 bits per heavy atom. The minimum absolute atomic E-state index is 0.0757. The van der Waals surface area contributed by atoms with Crippen molar-refractivity contribution in [3.63, 3.8) is 0 Å². The first-order chi connectivity index (χ1) is 9.38. The van der Waals surface area contributed by atoms with Gasteiger partial charge in [0.2, 0.25) is 0 Å². The molecule has 0 aromatic heterocycles. The largest absolute Gasteiger partial charge is 0.507 e. The summed E-state index contributed by atoms with van der Waals surface area (Å²) in [4.78, 5) is 12.2. The third-order valence-corrected chi connectivity index (χ3v) is 3.85. The van der Waals surface area contributed by atoms with Crippen molar-refractivity contribution in [3.8, 4) is 5.75 Å². The number of aromatic hydroxyl groups is 1.